The number of benzene rings is 2. The van der Waals surface area contributed by atoms with Crippen LogP contribution in [0.15, 0.2) is 48.7 Å². The van der Waals surface area contributed by atoms with E-state index in [0.29, 0.717) is 19.3 Å². The van der Waals surface area contributed by atoms with E-state index < -0.39 is 0 Å². The molecule has 6 nitrogen and oxygen atoms in total. The summed E-state index contributed by atoms with van der Waals surface area (Å²) in [4.78, 5) is 11.7. The molecule has 0 saturated carbocycles. The minimum absolute atomic E-state index is 0.356. The second-order valence-electron chi connectivity index (χ2n) is 7.00. The fourth-order valence-electron chi connectivity index (χ4n) is 3.77. The van der Waals surface area contributed by atoms with Crippen molar-refractivity contribution in [2.24, 2.45) is 0 Å². The lowest BCUT2D eigenvalue weighted by Gasteiger charge is -2.34. The Morgan fingerprint density at radius 3 is 2.78 bits per heavy atom. The zero-order valence-corrected chi connectivity index (χ0v) is 15.1. The van der Waals surface area contributed by atoms with Crippen molar-refractivity contribution < 1.29 is 9.47 Å². The van der Waals surface area contributed by atoms with E-state index >= 15 is 0 Å². The Labute approximate surface area is 158 Å². The van der Waals surface area contributed by atoms with Gasteiger partial charge in [-0.3, -0.25) is 4.98 Å². The summed E-state index contributed by atoms with van der Waals surface area (Å²) >= 11 is 0. The minimum Gasteiger partial charge on any atom is -0.486 e. The van der Waals surface area contributed by atoms with Gasteiger partial charge in [0.15, 0.2) is 11.5 Å². The van der Waals surface area contributed by atoms with Crippen LogP contribution in [0.4, 0.5) is 11.5 Å². The third-order valence-electron chi connectivity index (χ3n) is 5.09. The second-order valence-corrected chi connectivity index (χ2v) is 7.00. The van der Waals surface area contributed by atoms with Gasteiger partial charge < -0.3 is 19.7 Å². The Morgan fingerprint density at radius 1 is 1.00 bits per heavy atom. The van der Waals surface area contributed by atoms with Crippen LogP contribution in [0.2, 0.25) is 0 Å². The van der Waals surface area contributed by atoms with Crippen LogP contribution in [0.25, 0.3) is 11.0 Å². The highest BCUT2D eigenvalue weighted by atomic mass is 16.6. The summed E-state index contributed by atoms with van der Waals surface area (Å²) < 4.78 is 11.3. The largest absolute Gasteiger partial charge is 0.486 e. The first-order valence-corrected chi connectivity index (χ1v) is 9.48. The van der Waals surface area contributed by atoms with Crippen LogP contribution < -0.4 is 19.7 Å². The highest BCUT2D eigenvalue weighted by molar-refractivity contribution is 5.75. The molecule has 3 aromatic rings. The standard InChI is InChI=1S/C21H22N4O2/c1-2-6-18-17(5-1)22-13-21(24-18)25-9-3-4-16(14-25)23-15-7-8-19-20(12-15)27-11-10-26-19/h1-2,5-8,12-13,16,23H,3-4,9-11,14H2. The van der Waals surface area contributed by atoms with Crippen molar-refractivity contribution in [1.29, 1.82) is 0 Å². The topological polar surface area (TPSA) is 59.5 Å². The Morgan fingerprint density at radius 2 is 1.85 bits per heavy atom. The summed E-state index contributed by atoms with van der Waals surface area (Å²) in [6, 6.07) is 14.4. The van der Waals surface area contributed by atoms with E-state index in [1.54, 1.807) is 0 Å². The second kappa shape index (κ2) is 6.95. The molecule has 0 spiro atoms. The predicted molar refractivity (Wildman–Crippen MR) is 106 cm³/mol. The van der Waals surface area contributed by atoms with Gasteiger partial charge in [0.2, 0.25) is 0 Å². The molecule has 1 aromatic heterocycles. The van der Waals surface area contributed by atoms with E-state index in [0.717, 1.165) is 60.0 Å². The van der Waals surface area contributed by atoms with Crippen molar-refractivity contribution in [2.45, 2.75) is 18.9 Å². The Kier molecular flexibility index (Phi) is 4.16. The van der Waals surface area contributed by atoms with Crippen LogP contribution in [0.3, 0.4) is 0 Å². The van der Waals surface area contributed by atoms with Gasteiger partial charge in [-0.1, -0.05) is 12.1 Å². The van der Waals surface area contributed by atoms with Gasteiger partial charge in [0, 0.05) is 30.9 Å². The van der Waals surface area contributed by atoms with Crippen molar-refractivity contribution in [2.75, 3.05) is 36.5 Å². The molecular formula is C21H22N4O2. The van der Waals surface area contributed by atoms with E-state index in [2.05, 4.69) is 21.3 Å². The number of nitrogens with zero attached hydrogens (tertiary/aromatic N) is 3. The van der Waals surface area contributed by atoms with Gasteiger partial charge in [-0.15, -0.1) is 0 Å². The molecule has 2 aliphatic heterocycles. The Hall–Kier alpha value is -3.02. The molecule has 1 unspecified atom stereocenters. The number of nitrogens with one attached hydrogen (secondary N) is 1. The maximum Gasteiger partial charge on any atom is 0.163 e. The van der Waals surface area contributed by atoms with Crippen LogP contribution in [-0.4, -0.2) is 42.3 Å². The van der Waals surface area contributed by atoms with Gasteiger partial charge in [0.1, 0.15) is 19.0 Å². The number of hydrogen-bond acceptors (Lipinski definition) is 6. The monoisotopic (exact) mass is 362 g/mol. The molecule has 6 heteroatoms. The van der Waals surface area contributed by atoms with E-state index in [1.807, 2.05) is 42.6 Å². The van der Waals surface area contributed by atoms with Crippen molar-refractivity contribution in [1.82, 2.24) is 9.97 Å². The number of ether oxygens (including phenoxy) is 2. The van der Waals surface area contributed by atoms with Crippen LogP contribution >= 0.6 is 0 Å². The molecule has 0 aliphatic carbocycles. The number of anilines is 2. The predicted octanol–water partition coefficient (Wildman–Crippen LogP) is 3.48. The van der Waals surface area contributed by atoms with E-state index in [1.165, 1.54) is 0 Å². The van der Waals surface area contributed by atoms with Crippen LogP contribution in [0.5, 0.6) is 11.5 Å². The number of rotatable bonds is 3. The zero-order chi connectivity index (χ0) is 18.1. The van der Waals surface area contributed by atoms with Crippen LogP contribution in [0, 0.1) is 0 Å². The summed E-state index contributed by atoms with van der Waals surface area (Å²) in [7, 11) is 0. The first-order valence-electron chi connectivity index (χ1n) is 9.48. The average Bonchev–Trinajstić information content (AvgIpc) is 2.73. The van der Waals surface area contributed by atoms with Crippen molar-refractivity contribution in [3.05, 3.63) is 48.7 Å². The molecule has 138 valence electrons. The SMILES string of the molecule is c1ccc2nc(N3CCCC(Nc4ccc5c(c4)OCCO5)C3)cnc2c1. The molecule has 1 atom stereocenters. The van der Waals surface area contributed by atoms with E-state index in [9.17, 15) is 0 Å². The summed E-state index contributed by atoms with van der Waals surface area (Å²) in [6.45, 7) is 3.13. The smallest absolute Gasteiger partial charge is 0.163 e. The molecular weight excluding hydrogens is 340 g/mol. The number of hydrogen-bond donors (Lipinski definition) is 1. The van der Waals surface area contributed by atoms with Crippen molar-refractivity contribution in [3.8, 4) is 11.5 Å². The quantitative estimate of drug-likeness (QED) is 0.770. The Bertz CT molecular complexity index is 962. The maximum atomic E-state index is 5.69. The first kappa shape index (κ1) is 16.2. The molecule has 1 N–H and O–H groups in total. The van der Waals surface area contributed by atoms with Gasteiger partial charge in [-0.2, -0.15) is 0 Å². The molecule has 1 fully saturated rings. The third kappa shape index (κ3) is 3.35. The molecule has 0 bridgehead atoms. The van der Waals surface area contributed by atoms with Gasteiger partial charge in [0.25, 0.3) is 0 Å². The molecule has 5 rings (SSSR count). The fraction of sp³-hybridized carbons (Fsp3) is 0.333. The minimum atomic E-state index is 0.356. The highest BCUT2D eigenvalue weighted by Crippen LogP contribution is 2.33. The van der Waals surface area contributed by atoms with Gasteiger partial charge in [-0.05, 0) is 37.1 Å². The van der Waals surface area contributed by atoms with Crippen molar-refractivity contribution >= 4 is 22.5 Å². The molecule has 2 aromatic carbocycles. The number of aromatic nitrogens is 2. The van der Waals surface area contributed by atoms with Gasteiger partial charge in [0.05, 0.1) is 17.2 Å². The lowest BCUT2D eigenvalue weighted by molar-refractivity contribution is 0.171. The lowest BCUT2D eigenvalue weighted by atomic mass is 10.1. The van der Waals surface area contributed by atoms with Gasteiger partial charge in [-0.25, -0.2) is 4.98 Å². The van der Waals surface area contributed by atoms with Crippen LogP contribution in [-0.2, 0) is 0 Å². The zero-order valence-electron chi connectivity index (χ0n) is 15.1. The van der Waals surface area contributed by atoms with E-state index in [4.69, 9.17) is 14.5 Å². The lowest BCUT2D eigenvalue weighted by Crippen LogP contribution is -2.42. The summed E-state index contributed by atoms with van der Waals surface area (Å²) in [5.74, 6) is 2.59. The Balaban J connectivity index is 1.31. The molecule has 2 aliphatic rings. The molecule has 0 radical (unpaired) electrons. The van der Waals surface area contributed by atoms with Gasteiger partial charge >= 0.3 is 0 Å². The first-order chi connectivity index (χ1) is 13.3. The third-order valence-corrected chi connectivity index (χ3v) is 5.09. The summed E-state index contributed by atoms with van der Waals surface area (Å²) in [6.07, 6.45) is 4.14. The molecule has 0 amide bonds. The maximum absolute atomic E-state index is 5.69. The molecule has 1 saturated heterocycles. The fourth-order valence-corrected chi connectivity index (χ4v) is 3.77. The molecule has 27 heavy (non-hydrogen) atoms. The average molecular weight is 362 g/mol. The normalized spacial score (nSPS) is 19.1. The van der Waals surface area contributed by atoms with Crippen LogP contribution in [0.1, 0.15) is 12.8 Å². The number of piperidine rings is 1. The highest BCUT2D eigenvalue weighted by Gasteiger charge is 2.22. The summed E-state index contributed by atoms with van der Waals surface area (Å²) in [5.41, 5.74) is 2.94. The van der Waals surface area contributed by atoms with E-state index in [-0.39, 0.29) is 0 Å². The number of para-hydroxylation sites is 2. The number of fused-ring (bicyclic) bond motifs is 2. The van der Waals surface area contributed by atoms with Crippen molar-refractivity contribution in [3.63, 3.8) is 0 Å². The molecule has 3 heterocycles. The summed E-state index contributed by atoms with van der Waals surface area (Å²) in [5, 5.41) is 3.64.